The van der Waals surface area contributed by atoms with Gasteiger partial charge in [0.1, 0.15) is 0 Å². The number of fused-ring (bicyclic) bond motifs is 1. The summed E-state index contributed by atoms with van der Waals surface area (Å²) in [7, 11) is 0. The Kier molecular flexibility index (Phi) is 2.69. The second-order valence-corrected chi connectivity index (χ2v) is 5.77. The molecule has 1 aliphatic carbocycles. The Morgan fingerprint density at radius 3 is 2.89 bits per heavy atom. The zero-order chi connectivity index (χ0) is 12.8. The van der Waals surface area contributed by atoms with Crippen molar-refractivity contribution >= 4 is 11.9 Å². The van der Waals surface area contributed by atoms with Crippen molar-refractivity contribution in [1.82, 2.24) is 15.1 Å². The summed E-state index contributed by atoms with van der Waals surface area (Å²) in [5.74, 6) is 0.149. The highest BCUT2D eigenvalue weighted by atomic mass is 16.2. The minimum atomic E-state index is -0.252. The summed E-state index contributed by atoms with van der Waals surface area (Å²) in [6, 6.07) is 0.145. The van der Waals surface area contributed by atoms with E-state index in [4.69, 9.17) is 5.73 Å². The molecular weight excluding hydrogens is 232 g/mol. The second-order valence-electron chi connectivity index (χ2n) is 5.77. The highest BCUT2D eigenvalue weighted by molar-refractivity contribution is 5.80. The average molecular weight is 252 g/mol. The van der Waals surface area contributed by atoms with Gasteiger partial charge in [0.05, 0.1) is 6.04 Å². The Morgan fingerprint density at radius 2 is 2.22 bits per heavy atom. The van der Waals surface area contributed by atoms with Gasteiger partial charge in [-0.3, -0.25) is 4.79 Å². The maximum atomic E-state index is 12.2. The molecule has 0 aromatic rings. The molecule has 18 heavy (non-hydrogen) atoms. The van der Waals surface area contributed by atoms with Crippen molar-refractivity contribution in [3.05, 3.63) is 0 Å². The van der Waals surface area contributed by atoms with E-state index in [1.165, 1.54) is 0 Å². The highest BCUT2D eigenvalue weighted by Gasteiger charge is 2.40. The van der Waals surface area contributed by atoms with Crippen molar-refractivity contribution in [3.63, 3.8) is 0 Å². The van der Waals surface area contributed by atoms with Gasteiger partial charge in [-0.2, -0.15) is 0 Å². The number of hydrogen-bond acceptors (Lipinski definition) is 3. The van der Waals surface area contributed by atoms with Gasteiger partial charge in [0.15, 0.2) is 0 Å². The van der Waals surface area contributed by atoms with Crippen molar-refractivity contribution in [2.45, 2.75) is 37.3 Å². The van der Waals surface area contributed by atoms with Gasteiger partial charge in [-0.15, -0.1) is 0 Å². The Hall–Kier alpha value is -1.30. The van der Waals surface area contributed by atoms with Gasteiger partial charge in [0, 0.05) is 38.1 Å². The third-order valence-corrected chi connectivity index (χ3v) is 4.44. The SMILES string of the molecule is NC1(CC(=O)N2CCN3C(=O)NCC3C2)CCC1. The number of carbonyl (C=O) groups excluding carboxylic acids is 2. The Bertz CT molecular complexity index is 380. The van der Waals surface area contributed by atoms with Gasteiger partial charge in [-0.1, -0.05) is 0 Å². The summed E-state index contributed by atoms with van der Waals surface area (Å²) in [5, 5.41) is 2.82. The van der Waals surface area contributed by atoms with E-state index in [9.17, 15) is 9.59 Å². The molecule has 0 aromatic heterocycles. The first-order valence-corrected chi connectivity index (χ1v) is 6.69. The molecule has 3 fully saturated rings. The van der Waals surface area contributed by atoms with Crippen LogP contribution in [0.15, 0.2) is 0 Å². The highest BCUT2D eigenvalue weighted by Crippen LogP contribution is 2.32. The van der Waals surface area contributed by atoms with Crippen LogP contribution in [0.3, 0.4) is 0 Å². The molecule has 0 radical (unpaired) electrons. The average Bonchev–Trinajstić information content (AvgIpc) is 2.68. The lowest BCUT2D eigenvalue weighted by Crippen LogP contribution is -2.56. The summed E-state index contributed by atoms with van der Waals surface area (Å²) >= 11 is 0. The van der Waals surface area contributed by atoms with Crippen LogP contribution < -0.4 is 11.1 Å². The van der Waals surface area contributed by atoms with Gasteiger partial charge in [-0.25, -0.2) is 4.79 Å². The molecule has 6 heteroatoms. The van der Waals surface area contributed by atoms with Crippen LogP contribution in [-0.4, -0.2) is 59.5 Å². The van der Waals surface area contributed by atoms with Crippen molar-refractivity contribution in [2.24, 2.45) is 5.73 Å². The predicted molar refractivity (Wildman–Crippen MR) is 65.9 cm³/mol. The molecule has 1 unspecified atom stereocenters. The monoisotopic (exact) mass is 252 g/mol. The lowest BCUT2D eigenvalue weighted by atomic mass is 9.75. The van der Waals surface area contributed by atoms with E-state index in [1.54, 1.807) is 0 Å². The molecule has 3 N–H and O–H groups in total. The van der Waals surface area contributed by atoms with Gasteiger partial charge in [0.25, 0.3) is 0 Å². The van der Waals surface area contributed by atoms with Gasteiger partial charge < -0.3 is 20.9 Å². The third-order valence-electron chi connectivity index (χ3n) is 4.44. The van der Waals surface area contributed by atoms with E-state index in [0.29, 0.717) is 32.6 Å². The Labute approximate surface area is 106 Å². The minimum Gasteiger partial charge on any atom is -0.339 e. The van der Waals surface area contributed by atoms with Crippen LogP contribution in [0.4, 0.5) is 4.79 Å². The number of piperazine rings is 1. The standard InChI is InChI=1S/C12H20N4O2/c13-12(2-1-3-12)6-10(17)15-4-5-16-9(8-15)7-14-11(16)18/h9H,1-8,13H2,(H,14,18). The molecule has 2 saturated heterocycles. The summed E-state index contributed by atoms with van der Waals surface area (Å²) in [4.78, 5) is 27.4. The third kappa shape index (κ3) is 1.94. The predicted octanol–water partition coefficient (Wildman–Crippen LogP) is -0.506. The number of amides is 3. The molecule has 1 saturated carbocycles. The van der Waals surface area contributed by atoms with Crippen LogP contribution in [0, 0.1) is 0 Å². The van der Waals surface area contributed by atoms with Crippen molar-refractivity contribution in [2.75, 3.05) is 26.2 Å². The number of hydrogen-bond donors (Lipinski definition) is 2. The quantitative estimate of drug-likeness (QED) is 0.695. The van der Waals surface area contributed by atoms with E-state index in [0.717, 1.165) is 19.3 Å². The Morgan fingerprint density at radius 1 is 1.44 bits per heavy atom. The largest absolute Gasteiger partial charge is 0.339 e. The summed E-state index contributed by atoms with van der Waals surface area (Å²) in [6.45, 7) is 2.57. The smallest absolute Gasteiger partial charge is 0.317 e. The number of urea groups is 1. The van der Waals surface area contributed by atoms with Crippen molar-refractivity contribution in [1.29, 1.82) is 0 Å². The minimum absolute atomic E-state index is 0.00128. The first-order valence-electron chi connectivity index (χ1n) is 6.69. The van der Waals surface area contributed by atoms with Crippen LogP contribution in [0.5, 0.6) is 0 Å². The topological polar surface area (TPSA) is 78.7 Å². The molecule has 3 aliphatic rings. The molecule has 3 rings (SSSR count). The zero-order valence-corrected chi connectivity index (χ0v) is 10.5. The molecular formula is C12H20N4O2. The number of carbonyl (C=O) groups is 2. The number of nitrogens with two attached hydrogens (primary N) is 1. The molecule has 3 amide bonds. The fourth-order valence-electron chi connectivity index (χ4n) is 3.05. The molecule has 0 spiro atoms. The normalized spacial score (nSPS) is 29.6. The van der Waals surface area contributed by atoms with E-state index in [1.807, 2.05) is 9.80 Å². The van der Waals surface area contributed by atoms with E-state index < -0.39 is 0 Å². The first-order chi connectivity index (χ1) is 8.57. The van der Waals surface area contributed by atoms with Crippen LogP contribution in [0.2, 0.25) is 0 Å². The van der Waals surface area contributed by atoms with E-state index >= 15 is 0 Å². The fraction of sp³-hybridized carbons (Fsp3) is 0.833. The number of nitrogens with one attached hydrogen (secondary N) is 1. The molecule has 100 valence electrons. The number of nitrogens with zero attached hydrogens (tertiary/aromatic N) is 2. The lowest BCUT2D eigenvalue weighted by molar-refractivity contribution is -0.135. The molecule has 0 bridgehead atoms. The van der Waals surface area contributed by atoms with Crippen LogP contribution in [-0.2, 0) is 4.79 Å². The first kappa shape index (κ1) is 11.8. The van der Waals surface area contributed by atoms with Crippen molar-refractivity contribution in [3.8, 4) is 0 Å². The molecule has 1 atom stereocenters. The summed E-state index contributed by atoms with van der Waals surface area (Å²) in [6.07, 6.45) is 3.52. The van der Waals surface area contributed by atoms with Crippen LogP contribution in [0.1, 0.15) is 25.7 Å². The van der Waals surface area contributed by atoms with Crippen LogP contribution >= 0.6 is 0 Å². The maximum absolute atomic E-state index is 12.2. The van der Waals surface area contributed by atoms with Gasteiger partial charge in [-0.05, 0) is 19.3 Å². The maximum Gasteiger partial charge on any atom is 0.317 e. The molecule has 0 aromatic carbocycles. The number of rotatable bonds is 2. The van der Waals surface area contributed by atoms with E-state index in [-0.39, 0.29) is 23.5 Å². The molecule has 2 heterocycles. The van der Waals surface area contributed by atoms with Gasteiger partial charge in [0.2, 0.25) is 5.91 Å². The second kappa shape index (κ2) is 4.12. The summed E-state index contributed by atoms with van der Waals surface area (Å²) in [5.41, 5.74) is 5.86. The zero-order valence-electron chi connectivity index (χ0n) is 10.5. The Balaban J connectivity index is 1.57. The fourth-order valence-corrected chi connectivity index (χ4v) is 3.05. The van der Waals surface area contributed by atoms with Crippen molar-refractivity contribution < 1.29 is 9.59 Å². The van der Waals surface area contributed by atoms with E-state index in [2.05, 4.69) is 5.32 Å². The van der Waals surface area contributed by atoms with Crippen LogP contribution in [0.25, 0.3) is 0 Å². The molecule has 6 nitrogen and oxygen atoms in total. The lowest BCUT2D eigenvalue weighted by Gasteiger charge is -2.41. The summed E-state index contributed by atoms with van der Waals surface area (Å²) < 4.78 is 0. The van der Waals surface area contributed by atoms with Gasteiger partial charge >= 0.3 is 6.03 Å². The molecule has 2 aliphatic heterocycles.